The van der Waals surface area contributed by atoms with Gasteiger partial charge in [-0.05, 0) is 67.1 Å². The molecule has 6 nitrogen and oxygen atoms in total. The van der Waals surface area contributed by atoms with Gasteiger partial charge < -0.3 is 10.1 Å². The first-order valence-corrected chi connectivity index (χ1v) is 9.31. The van der Waals surface area contributed by atoms with Crippen molar-refractivity contribution in [1.82, 2.24) is 0 Å². The van der Waals surface area contributed by atoms with Crippen LogP contribution >= 0.6 is 0 Å². The highest BCUT2D eigenvalue weighted by Crippen LogP contribution is 2.17. The first kappa shape index (κ1) is 21.0. The summed E-state index contributed by atoms with van der Waals surface area (Å²) in [5.41, 5.74) is 2.95. The van der Waals surface area contributed by atoms with Crippen LogP contribution < -0.4 is 10.1 Å². The van der Waals surface area contributed by atoms with E-state index in [4.69, 9.17) is 10.00 Å². The van der Waals surface area contributed by atoms with Crippen LogP contribution in [-0.4, -0.2) is 11.9 Å². The van der Waals surface area contributed by atoms with E-state index in [1.807, 2.05) is 31.2 Å². The minimum atomic E-state index is -0.568. The summed E-state index contributed by atoms with van der Waals surface area (Å²) >= 11 is 0. The number of ether oxygens (including phenoxy) is 1. The fraction of sp³-hybridized carbons (Fsp3) is 0.0400. The van der Waals surface area contributed by atoms with E-state index in [0.717, 1.165) is 5.56 Å². The molecular weight excluding hydrogens is 390 g/mol. The summed E-state index contributed by atoms with van der Waals surface area (Å²) in [5, 5.41) is 20.8. The molecule has 31 heavy (non-hydrogen) atoms. The van der Waals surface area contributed by atoms with Crippen LogP contribution in [0.15, 0.2) is 78.4 Å². The molecular formula is C25H17N3O3. The standard InChI is InChI=1S/C25H17N3O3/c1-17-2-8-20(9-3-17)25(30)31-23-12-6-18(7-13-23)14-21(16-27)24(29)28-22-10-4-19(15-26)5-11-22/h2-14H,1H3,(H,28,29)/b21-14-. The van der Waals surface area contributed by atoms with Crippen molar-refractivity contribution in [2.24, 2.45) is 0 Å². The van der Waals surface area contributed by atoms with Crippen LogP contribution in [0.2, 0.25) is 0 Å². The summed E-state index contributed by atoms with van der Waals surface area (Å²) in [4.78, 5) is 24.5. The van der Waals surface area contributed by atoms with Crippen LogP contribution in [0, 0.1) is 29.6 Å². The lowest BCUT2D eigenvalue weighted by Crippen LogP contribution is -2.13. The van der Waals surface area contributed by atoms with Crippen LogP contribution in [0.1, 0.15) is 27.0 Å². The summed E-state index contributed by atoms with van der Waals surface area (Å²) in [6.07, 6.45) is 1.44. The number of aryl methyl sites for hydroxylation is 1. The number of amides is 1. The van der Waals surface area contributed by atoms with Crippen LogP contribution in [-0.2, 0) is 4.79 Å². The molecule has 0 spiro atoms. The van der Waals surface area contributed by atoms with Gasteiger partial charge in [-0.3, -0.25) is 4.79 Å². The highest BCUT2D eigenvalue weighted by Gasteiger charge is 2.11. The zero-order valence-electron chi connectivity index (χ0n) is 16.6. The second-order valence-electron chi connectivity index (χ2n) is 6.64. The van der Waals surface area contributed by atoms with Crippen LogP contribution in [0.5, 0.6) is 5.75 Å². The minimum Gasteiger partial charge on any atom is -0.423 e. The molecule has 150 valence electrons. The van der Waals surface area contributed by atoms with Crippen molar-refractivity contribution >= 4 is 23.6 Å². The first-order valence-electron chi connectivity index (χ1n) is 9.31. The largest absolute Gasteiger partial charge is 0.423 e. The fourth-order valence-corrected chi connectivity index (χ4v) is 2.63. The lowest BCUT2D eigenvalue weighted by molar-refractivity contribution is -0.112. The Bertz CT molecular complexity index is 1210. The Hall–Kier alpha value is -4.68. The Morgan fingerprint density at radius 1 is 0.903 bits per heavy atom. The predicted molar refractivity (Wildman–Crippen MR) is 116 cm³/mol. The van der Waals surface area contributed by atoms with Crippen LogP contribution in [0.25, 0.3) is 6.08 Å². The van der Waals surface area contributed by atoms with Crippen LogP contribution in [0.4, 0.5) is 5.69 Å². The number of hydrogen-bond donors (Lipinski definition) is 1. The Morgan fingerprint density at radius 2 is 1.55 bits per heavy atom. The molecule has 0 saturated heterocycles. The van der Waals surface area contributed by atoms with Gasteiger partial charge in [0.15, 0.2) is 0 Å². The minimum absolute atomic E-state index is 0.0891. The molecule has 0 heterocycles. The van der Waals surface area contributed by atoms with E-state index in [0.29, 0.717) is 28.1 Å². The zero-order valence-corrected chi connectivity index (χ0v) is 16.6. The molecule has 3 aromatic rings. The van der Waals surface area contributed by atoms with E-state index in [9.17, 15) is 14.9 Å². The quantitative estimate of drug-likeness (QED) is 0.287. The van der Waals surface area contributed by atoms with Gasteiger partial charge in [-0.15, -0.1) is 0 Å². The van der Waals surface area contributed by atoms with E-state index in [1.165, 1.54) is 6.08 Å². The third kappa shape index (κ3) is 5.66. The zero-order chi connectivity index (χ0) is 22.2. The third-order valence-corrected chi connectivity index (χ3v) is 4.33. The van der Waals surface area contributed by atoms with Crippen molar-refractivity contribution < 1.29 is 14.3 Å². The lowest BCUT2D eigenvalue weighted by atomic mass is 10.1. The van der Waals surface area contributed by atoms with E-state index in [2.05, 4.69) is 5.32 Å². The third-order valence-electron chi connectivity index (χ3n) is 4.33. The van der Waals surface area contributed by atoms with E-state index in [-0.39, 0.29) is 5.57 Å². The number of nitriles is 2. The van der Waals surface area contributed by atoms with Gasteiger partial charge in [0.1, 0.15) is 17.4 Å². The smallest absolute Gasteiger partial charge is 0.343 e. The molecule has 1 amide bonds. The molecule has 0 fully saturated rings. The highest BCUT2D eigenvalue weighted by molar-refractivity contribution is 6.09. The van der Waals surface area contributed by atoms with E-state index in [1.54, 1.807) is 60.7 Å². The van der Waals surface area contributed by atoms with Crippen LogP contribution in [0.3, 0.4) is 0 Å². The normalized spacial score (nSPS) is 10.5. The summed E-state index contributed by atoms with van der Waals surface area (Å²) in [7, 11) is 0. The topological polar surface area (TPSA) is 103 Å². The van der Waals surface area contributed by atoms with Gasteiger partial charge in [-0.25, -0.2) is 4.79 Å². The van der Waals surface area contributed by atoms with Gasteiger partial charge in [0.2, 0.25) is 0 Å². The Morgan fingerprint density at radius 3 is 2.13 bits per heavy atom. The van der Waals surface area contributed by atoms with Crippen molar-refractivity contribution in [3.05, 3.63) is 101 Å². The number of nitrogens with zero attached hydrogens (tertiary/aromatic N) is 2. The average molecular weight is 407 g/mol. The molecule has 0 saturated carbocycles. The van der Waals surface area contributed by atoms with Crippen molar-refractivity contribution in [3.8, 4) is 17.9 Å². The SMILES string of the molecule is Cc1ccc(C(=O)Oc2ccc(/C=C(/C#N)C(=O)Nc3ccc(C#N)cc3)cc2)cc1. The number of esters is 1. The van der Waals surface area contributed by atoms with Gasteiger partial charge in [-0.2, -0.15) is 10.5 Å². The van der Waals surface area contributed by atoms with Gasteiger partial charge in [-0.1, -0.05) is 29.8 Å². The summed E-state index contributed by atoms with van der Waals surface area (Å²) < 4.78 is 5.35. The van der Waals surface area contributed by atoms with Crippen molar-refractivity contribution in [3.63, 3.8) is 0 Å². The molecule has 0 aliphatic heterocycles. The Kier molecular flexibility index (Phi) is 6.57. The maximum atomic E-state index is 12.4. The molecule has 0 bridgehead atoms. The molecule has 0 radical (unpaired) electrons. The fourth-order valence-electron chi connectivity index (χ4n) is 2.63. The summed E-state index contributed by atoms with van der Waals surface area (Å²) in [5.74, 6) is -0.687. The van der Waals surface area contributed by atoms with Gasteiger partial charge in [0, 0.05) is 5.69 Å². The Labute approximate surface area is 179 Å². The second kappa shape index (κ2) is 9.69. The van der Waals surface area contributed by atoms with Gasteiger partial charge in [0.05, 0.1) is 17.2 Å². The number of carbonyl (C=O) groups excluding carboxylic acids is 2. The molecule has 0 aromatic heterocycles. The second-order valence-corrected chi connectivity index (χ2v) is 6.64. The van der Waals surface area contributed by atoms with E-state index < -0.39 is 11.9 Å². The molecule has 3 rings (SSSR count). The number of hydrogen-bond acceptors (Lipinski definition) is 5. The predicted octanol–water partition coefficient (Wildman–Crippen LogP) is 4.63. The molecule has 0 atom stereocenters. The monoisotopic (exact) mass is 407 g/mol. The maximum Gasteiger partial charge on any atom is 0.343 e. The number of carbonyl (C=O) groups is 2. The molecule has 0 aliphatic carbocycles. The molecule has 0 unspecified atom stereocenters. The first-order chi connectivity index (χ1) is 15.0. The maximum absolute atomic E-state index is 12.4. The number of benzene rings is 3. The number of nitrogens with one attached hydrogen (secondary N) is 1. The molecule has 0 aliphatic rings. The van der Waals surface area contributed by atoms with E-state index >= 15 is 0 Å². The van der Waals surface area contributed by atoms with Gasteiger partial charge >= 0.3 is 5.97 Å². The average Bonchev–Trinajstić information content (AvgIpc) is 2.79. The molecule has 6 heteroatoms. The van der Waals surface area contributed by atoms with Crippen molar-refractivity contribution in [2.45, 2.75) is 6.92 Å². The molecule has 1 N–H and O–H groups in total. The Balaban J connectivity index is 1.67. The summed E-state index contributed by atoms with van der Waals surface area (Å²) in [6.45, 7) is 1.93. The lowest BCUT2D eigenvalue weighted by Gasteiger charge is -2.06. The number of anilines is 1. The highest BCUT2D eigenvalue weighted by atomic mass is 16.5. The summed E-state index contributed by atoms with van der Waals surface area (Å²) in [6, 6.07) is 23.7. The van der Waals surface area contributed by atoms with Crippen molar-refractivity contribution in [1.29, 1.82) is 10.5 Å². The molecule has 3 aromatic carbocycles. The number of rotatable bonds is 5. The van der Waals surface area contributed by atoms with Gasteiger partial charge in [0.25, 0.3) is 5.91 Å². The van der Waals surface area contributed by atoms with Crippen molar-refractivity contribution in [2.75, 3.05) is 5.32 Å².